The van der Waals surface area contributed by atoms with Crippen LogP contribution in [0.5, 0.6) is 0 Å². The largest absolute Gasteiger partial charge is 0.461 e. The van der Waals surface area contributed by atoms with Crippen molar-refractivity contribution < 1.29 is 28.3 Å². The molecule has 49 heavy (non-hydrogen) atoms. The van der Waals surface area contributed by atoms with Crippen molar-refractivity contribution in [1.29, 1.82) is 0 Å². The van der Waals surface area contributed by atoms with Crippen molar-refractivity contribution in [1.82, 2.24) is 14.9 Å². The molecule has 1 aliphatic carbocycles. The molecule has 1 amide bonds. The number of carbonyl (C=O) groups excluding carboxylic acids is 3. The summed E-state index contributed by atoms with van der Waals surface area (Å²) in [5, 5.41) is 3.52. The summed E-state index contributed by atoms with van der Waals surface area (Å²) in [6, 6.07) is 8.59. The summed E-state index contributed by atoms with van der Waals surface area (Å²) in [5.41, 5.74) is 8.04. The fourth-order valence-corrected chi connectivity index (χ4v) is 6.28. The summed E-state index contributed by atoms with van der Waals surface area (Å²) in [5.74, 6) is -1.60. The molecule has 5 atom stereocenters. The Morgan fingerprint density at radius 1 is 1.04 bits per heavy atom. The molecule has 0 bridgehead atoms. The topological polar surface area (TPSA) is 156 Å². The molecule has 2 aromatic heterocycles. The van der Waals surface area contributed by atoms with E-state index in [0.717, 1.165) is 24.8 Å². The number of aromatic nitrogens is 2. The summed E-state index contributed by atoms with van der Waals surface area (Å²) >= 11 is 0. The number of nitrogens with one attached hydrogen (secondary N) is 1. The molecule has 1 aromatic carbocycles. The summed E-state index contributed by atoms with van der Waals surface area (Å²) in [6.07, 6.45) is 8.21. The Balaban J connectivity index is 1.33. The third-order valence-corrected chi connectivity index (χ3v) is 9.58. The molecule has 4 unspecified atom stereocenters. The van der Waals surface area contributed by atoms with Crippen LogP contribution in [0.1, 0.15) is 92.1 Å². The second-order valence-corrected chi connectivity index (χ2v) is 14.0. The van der Waals surface area contributed by atoms with Gasteiger partial charge in [-0.2, -0.15) is 4.98 Å². The fraction of sp³-hybridized carbons (Fsp3) is 0.605. The highest BCUT2D eigenvalue weighted by atomic mass is 16.6. The predicted molar refractivity (Wildman–Crippen MR) is 188 cm³/mol. The number of benzene rings is 1. The van der Waals surface area contributed by atoms with E-state index in [2.05, 4.69) is 29.4 Å². The standard InChI is InChI=1S/C38H54N4O7/c1-7-9-10-12-25-15-17-26(18-16-25)31-19-27-20-42(38(46)41-36(27)49-31)22-48-28(8-2)21-47-37(45)33(24(5)6)40-35(44)30-14-11-13-29(30)34(43)32(39)23(3)4/h15-20,23-24,28-30,32-33H,7-14,21-22,39H2,1-6H3,(H,40,44)/t28-,29?,30?,32?,33?/m0/s1. The second-order valence-electron chi connectivity index (χ2n) is 14.0. The lowest BCUT2D eigenvalue weighted by atomic mass is 9.84. The highest BCUT2D eigenvalue weighted by Crippen LogP contribution is 2.34. The maximum absolute atomic E-state index is 13.3. The van der Waals surface area contributed by atoms with Crippen molar-refractivity contribution in [2.75, 3.05) is 6.61 Å². The highest BCUT2D eigenvalue weighted by molar-refractivity contribution is 5.93. The van der Waals surface area contributed by atoms with Gasteiger partial charge in [-0.3, -0.25) is 14.2 Å². The molecule has 0 saturated heterocycles. The molecule has 4 rings (SSSR count). The van der Waals surface area contributed by atoms with Crippen LogP contribution in [-0.4, -0.2) is 52.0 Å². The minimum absolute atomic E-state index is 0.0199. The average Bonchev–Trinajstić information content (AvgIpc) is 3.74. The average molecular weight is 679 g/mol. The van der Waals surface area contributed by atoms with Gasteiger partial charge in [0.2, 0.25) is 11.6 Å². The lowest BCUT2D eigenvalue weighted by Crippen LogP contribution is -2.50. The van der Waals surface area contributed by atoms with E-state index < -0.39 is 41.7 Å². The van der Waals surface area contributed by atoms with Gasteiger partial charge >= 0.3 is 11.7 Å². The van der Waals surface area contributed by atoms with Crippen LogP contribution in [0, 0.1) is 23.7 Å². The molecule has 0 spiro atoms. The van der Waals surface area contributed by atoms with E-state index in [0.29, 0.717) is 30.4 Å². The van der Waals surface area contributed by atoms with Crippen molar-refractivity contribution in [3.8, 4) is 11.3 Å². The van der Waals surface area contributed by atoms with Crippen molar-refractivity contribution in [3.05, 3.63) is 52.6 Å². The molecular weight excluding hydrogens is 624 g/mol. The van der Waals surface area contributed by atoms with Gasteiger partial charge in [-0.15, -0.1) is 0 Å². The third kappa shape index (κ3) is 9.88. The van der Waals surface area contributed by atoms with Gasteiger partial charge in [-0.1, -0.05) is 85.1 Å². The number of nitrogens with two attached hydrogens (primary N) is 1. The molecule has 3 N–H and O–H groups in total. The summed E-state index contributed by atoms with van der Waals surface area (Å²) in [7, 11) is 0. The Hall–Kier alpha value is -3.83. The number of nitrogens with zero attached hydrogens (tertiary/aromatic N) is 2. The molecule has 11 nitrogen and oxygen atoms in total. The van der Waals surface area contributed by atoms with Crippen LogP contribution in [0.2, 0.25) is 0 Å². The molecule has 2 heterocycles. The zero-order valence-corrected chi connectivity index (χ0v) is 29.9. The number of unbranched alkanes of at least 4 members (excludes halogenated alkanes) is 2. The number of aryl methyl sites for hydroxylation is 1. The number of hydrogen-bond acceptors (Lipinski definition) is 9. The fourth-order valence-electron chi connectivity index (χ4n) is 6.28. The van der Waals surface area contributed by atoms with E-state index >= 15 is 0 Å². The lowest BCUT2D eigenvalue weighted by Gasteiger charge is -2.27. The Kier molecular flexibility index (Phi) is 13.7. The Morgan fingerprint density at radius 2 is 1.76 bits per heavy atom. The number of amides is 1. The van der Waals surface area contributed by atoms with Gasteiger partial charge in [0.1, 0.15) is 25.1 Å². The van der Waals surface area contributed by atoms with Crippen LogP contribution in [0.3, 0.4) is 0 Å². The quantitative estimate of drug-likeness (QED) is 0.126. The van der Waals surface area contributed by atoms with E-state index in [4.69, 9.17) is 19.6 Å². The van der Waals surface area contributed by atoms with Gasteiger partial charge in [0.05, 0.1) is 17.5 Å². The van der Waals surface area contributed by atoms with Crippen LogP contribution < -0.4 is 16.7 Å². The first-order chi connectivity index (χ1) is 23.4. The number of esters is 1. The zero-order valence-electron chi connectivity index (χ0n) is 29.9. The first-order valence-electron chi connectivity index (χ1n) is 17.9. The van der Waals surface area contributed by atoms with E-state index in [1.165, 1.54) is 23.0 Å². The van der Waals surface area contributed by atoms with Gasteiger partial charge < -0.3 is 24.9 Å². The smallest absolute Gasteiger partial charge is 0.352 e. The molecule has 268 valence electrons. The number of carbonyl (C=O) groups is 3. The molecule has 0 radical (unpaired) electrons. The van der Waals surface area contributed by atoms with Gasteiger partial charge in [0, 0.05) is 23.6 Å². The van der Waals surface area contributed by atoms with Gasteiger partial charge in [0.25, 0.3) is 0 Å². The van der Waals surface area contributed by atoms with Crippen molar-refractivity contribution in [3.63, 3.8) is 0 Å². The third-order valence-electron chi connectivity index (χ3n) is 9.58. The number of ketones is 1. The van der Waals surface area contributed by atoms with Crippen LogP contribution in [0.15, 0.2) is 45.7 Å². The number of rotatable bonds is 18. The van der Waals surface area contributed by atoms with Crippen LogP contribution in [0.4, 0.5) is 0 Å². The summed E-state index contributed by atoms with van der Waals surface area (Å²) < 4.78 is 18.8. The molecule has 3 aromatic rings. The number of fused-ring (bicyclic) bond motifs is 1. The summed E-state index contributed by atoms with van der Waals surface area (Å²) in [6.45, 7) is 11.4. The van der Waals surface area contributed by atoms with E-state index in [9.17, 15) is 19.2 Å². The van der Waals surface area contributed by atoms with Crippen LogP contribution in [0.25, 0.3) is 22.4 Å². The van der Waals surface area contributed by atoms with Gasteiger partial charge in [-0.05, 0) is 55.6 Å². The number of furan rings is 1. The van der Waals surface area contributed by atoms with E-state index in [1.807, 2.05) is 52.8 Å². The molecular formula is C38H54N4O7. The van der Waals surface area contributed by atoms with E-state index in [1.54, 1.807) is 6.20 Å². The van der Waals surface area contributed by atoms with Crippen LogP contribution in [-0.2, 0) is 37.0 Å². The number of hydrogen-bond donors (Lipinski definition) is 2. The number of Topliss-reactive ketones (excluding diaryl/α,β-unsaturated/α-hetero) is 1. The monoisotopic (exact) mass is 678 g/mol. The molecule has 11 heteroatoms. The molecule has 1 saturated carbocycles. The SMILES string of the molecule is CCCCCc1ccc(-c2cc3cn(CO[C@@H](CC)COC(=O)C(NC(=O)C4CCCC4C(=O)C(N)C(C)C)C(C)C)c(=O)nc3o2)cc1. The first kappa shape index (κ1) is 38.0. The predicted octanol–water partition coefficient (Wildman–Crippen LogP) is 5.79. The van der Waals surface area contributed by atoms with Gasteiger partial charge in [-0.25, -0.2) is 9.59 Å². The summed E-state index contributed by atoms with van der Waals surface area (Å²) in [4.78, 5) is 56.4. The molecule has 0 aliphatic heterocycles. The van der Waals surface area contributed by atoms with E-state index in [-0.39, 0.29) is 42.6 Å². The molecule has 1 aliphatic rings. The van der Waals surface area contributed by atoms with Crippen LogP contribution >= 0.6 is 0 Å². The second kappa shape index (κ2) is 17.7. The minimum Gasteiger partial charge on any atom is -0.461 e. The highest BCUT2D eigenvalue weighted by Gasteiger charge is 2.41. The Labute approximate surface area is 289 Å². The lowest BCUT2D eigenvalue weighted by molar-refractivity contribution is -0.154. The van der Waals surface area contributed by atoms with Crippen molar-refractivity contribution >= 4 is 28.8 Å². The zero-order chi connectivity index (χ0) is 35.7. The minimum atomic E-state index is -0.887. The normalized spacial score (nSPS) is 18.1. The number of ether oxygens (including phenoxy) is 2. The Morgan fingerprint density at radius 3 is 2.41 bits per heavy atom. The van der Waals surface area contributed by atoms with Crippen molar-refractivity contribution in [2.45, 2.75) is 118 Å². The van der Waals surface area contributed by atoms with Crippen molar-refractivity contribution in [2.24, 2.45) is 29.4 Å². The Bertz CT molecular complexity index is 1610. The molecule has 1 fully saturated rings. The first-order valence-corrected chi connectivity index (χ1v) is 17.9. The maximum atomic E-state index is 13.3. The van der Waals surface area contributed by atoms with Gasteiger partial charge in [0.15, 0.2) is 5.78 Å². The maximum Gasteiger partial charge on any atom is 0.352 e.